The molecule has 0 bridgehead atoms. The Kier molecular flexibility index (Phi) is 5.39. The number of benzene rings is 2. The summed E-state index contributed by atoms with van der Waals surface area (Å²) in [7, 11) is 1.56. The van der Waals surface area contributed by atoms with Crippen LogP contribution in [0, 0.1) is 0 Å². The maximum Gasteiger partial charge on any atom is 0.170 e. The highest BCUT2D eigenvalue weighted by Crippen LogP contribution is 2.38. The van der Waals surface area contributed by atoms with E-state index in [0.29, 0.717) is 5.75 Å². The number of Topliss-reactive ketones (excluding diaryl/α,β-unsaturated/α-hetero) is 1. The van der Waals surface area contributed by atoms with Crippen molar-refractivity contribution in [2.75, 3.05) is 7.11 Å². The van der Waals surface area contributed by atoms with E-state index in [4.69, 9.17) is 51.1 Å². The zero-order valence-electron chi connectivity index (χ0n) is 10.9. The van der Waals surface area contributed by atoms with Gasteiger partial charge in [-0.15, -0.1) is 0 Å². The van der Waals surface area contributed by atoms with Gasteiger partial charge in [-0.1, -0.05) is 58.5 Å². The van der Waals surface area contributed by atoms with Crippen LogP contribution in [0.1, 0.15) is 15.9 Å². The Morgan fingerprint density at radius 1 is 1.05 bits per heavy atom. The fourth-order valence-electron chi connectivity index (χ4n) is 1.88. The van der Waals surface area contributed by atoms with E-state index in [0.717, 1.165) is 5.56 Å². The Bertz CT molecular complexity index is 698. The average Bonchev–Trinajstić information content (AvgIpc) is 2.45. The quantitative estimate of drug-likeness (QED) is 0.393. The largest absolute Gasteiger partial charge is 0.497 e. The minimum absolute atomic E-state index is 0.0714. The van der Waals surface area contributed by atoms with E-state index >= 15 is 0 Å². The lowest BCUT2D eigenvalue weighted by molar-refractivity contribution is 0.0993. The van der Waals surface area contributed by atoms with Gasteiger partial charge in [0.25, 0.3) is 0 Å². The van der Waals surface area contributed by atoms with E-state index in [1.807, 2.05) is 6.07 Å². The summed E-state index contributed by atoms with van der Waals surface area (Å²) in [5.41, 5.74) is 0.966. The summed E-state index contributed by atoms with van der Waals surface area (Å²) in [5, 5.41) is 0.589. The van der Waals surface area contributed by atoms with Crippen molar-refractivity contribution >= 4 is 52.2 Å². The molecule has 0 spiro atoms. The van der Waals surface area contributed by atoms with E-state index in [2.05, 4.69) is 0 Å². The molecular formula is C15H10Cl4O2. The van der Waals surface area contributed by atoms with Gasteiger partial charge in [-0.05, 0) is 23.8 Å². The van der Waals surface area contributed by atoms with Gasteiger partial charge in [0, 0.05) is 6.42 Å². The standard InChI is InChI=1S/C15H10Cl4O2/c1-21-9-4-2-3-8(5-9)6-12(20)13-10(16)7-11(17)14(18)15(13)19/h2-5,7H,6H2,1H3. The number of halogens is 4. The monoisotopic (exact) mass is 362 g/mol. The molecule has 0 atom stereocenters. The van der Waals surface area contributed by atoms with Crippen LogP contribution in [0.15, 0.2) is 30.3 Å². The Morgan fingerprint density at radius 3 is 2.43 bits per heavy atom. The number of carbonyl (C=O) groups is 1. The SMILES string of the molecule is COc1cccc(CC(=O)c2c(Cl)cc(Cl)c(Cl)c2Cl)c1. The first-order chi connectivity index (χ1) is 9.93. The maximum absolute atomic E-state index is 12.4. The van der Waals surface area contributed by atoms with Gasteiger partial charge >= 0.3 is 0 Å². The average molecular weight is 364 g/mol. The van der Waals surface area contributed by atoms with Gasteiger partial charge in [-0.2, -0.15) is 0 Å². The van der Waals surface area contributed by atoms with Crippen LogP contribution in [0.25, 0.3) is 0 Å². The third kappa shape index (κ3) is 3.64. The summed E-state index contributed by atoms with van der Waals surface area (Å²) in [6.45, 7) is 0. The lowest BCUT2D eigenvalue weighted by atomic mass is 10.0. The van der Waals surface area contributed by atoms with Crippen molar-refractivity contribution in [3.63, 3.8) is 0 Å². The zero-order valence-corrected chi connectivity index (χ0v) is 13.9. The van der Waals surface area contributed by atoms with Gasteiger partial charge in [0.1, 0.15) is 5.75 Å². The van der Waals surface area contributed by atoms with Gasteiger partial charge in [0.15, 0.2) is 5.78 Å². The molecule has 2 rings (SSSR count). The van der Waals surface area contributed by atoms with Crippen molar-refractivity contribution in [1.29, 1.82) is 0 Å². The smallest absolute Gasteiger partial charge is 0.170 e. The second-order valence-corrected chi connectivity index (χ2v) is 5.86. The summed E-state index contributed by atoms with van der Waals surface area (Å²) in [4.78, 5) is 12.4. The van der Waals surface area contributed by atoms with Crippen molar-refractivity contribution in [2.45, 2.75) is 6.42 Å². The number of ether oxygens (including phenoxy) is 1. The minimum Gasteiger partial charge on any atom is -0.497 e. The number of carbonyl (C=O) groups excluding carboxylic acids is 1. The highest BCUT2D eigenvalue weighted by Gasteiger charge is 2.20. The van der Waals surface area contributed by atoms with Crippen LogP contribution < -0.4 is 4.74 Å². The van der Waals surface area contributed by atoms with E-state index in [-0.39, 0.29) is 37.9 Å². The number of ketones is 1. The third-order valence-electron chi connectivity index (χ3n) is 2.89. The molecule has 0 amide bonds. The van der Waals surface area contributed by atoms with Gasteiger partial charge in [-0.25, -0.2) is 0 Å². The number of hydrogen-bond acceptors (Lipinski definition) is 2. The van der Waals surface area contributed by atoms with Crippen molar-refractivity contribution in [3.8, 4) is 5.75 Å². The summed E-state index contributed by atoms with van der Waals surface area (Å²) in [6, 6.07) is 8.61. The van der Waals surface area contributed by atoms with E-state index in [1.54, 1.807) is 25.3 Å². The highest BCUT2D eigenvalue weighted by molar-refractivity contribution is 6.51. The summed E-state index contributed by atoms with van der Waals surface area (Å²) < 4.78 is 5.12. The maximum atomic E-state index is 12.4. The molecule has 2 nitrogen and oxygen atoms in total. The minimum atomic E-state index is -0.239. The highest BCUT2D eigenvalue weighted by atomic mass is 35.5. The molecule has 0 aliphatic rings. The Labute approximate surface area is 142 Å². The summed E-state index contributed by atoms with van der Waals surface area (Å²) in [5.74, 6) is 0.434. The first kappa shape index (κ1) is 16.4. The molecular weight excluding hydrogens is 354 g/mol. The van der Waals surface area contributed by atoms with Crippen LogP contribution in [-0.4, -0.2) is 12.9 Å². The molecule has 21 heavy (non-hydrogen) atoms. The Morgan fingerprint density at radius 2 is 1.76 bits per heavy atom. The molecule has 0 fully saturated rings. The first-order valence-corrected chi connectivity index (χ1v) is 7.44. The predicted octanol–water partition coefficient (Wildman–Crippen LogP) is 5.73. The molecule has 0 saturated heterocycles. The Hall–Kier alpha value is -0.930. The van der Waals surface area contributed by atoms with Crippen LogP contribution in [-0.2, 0) is 6.42 Å². The van der Waals surface area contributed by atoms with Gasteiger partial charge in [0.2, 0.25) is 0 Å². The molecule has 0 radical (unpaired) electrons. The van der Waals surface area contributed by atoms with Crippen molar-refractivity contribution in [1.82, 2.24) is 0 Å². The van der Waals surface area contributed by atoms with Crippen LogP contribution >= 0.6 is 46.4 Å². The summed E-state index contributed by atoms with van der Waals surface area (Å²) >= 11 is 24.0. The lowest BCUT2D eigenvalue weighted by Gasteiger charge is -2.10. The molecule has 0 aromatic heterocycles. The third-order valence-corrected chi connectivity index (χ3v) is 4.45. The van der Waals surface area contributed by atoms with Gasteiger partial charge in [-0.3, -0.25) is 4.79 Å². The molecule has 0 unspecified atom stereocenters. The zero-order chi connectivity index (χ0) is 15.6. The van der Waals surface area contributed by atoms with Crippen molar-refractivity contribution < 1.29 is 9.53 Å². The van der Waals surface area contributed by atoms with E-state index in [9.17, 15) is 4.79 Å². The topological polar surface area (TPSA) is 26.3 Å². The molecule has 0 aliphatic heterocycles. The predicted molar refractivity (Wildman–Crippen MR) is 87.5 cm³/mol. The second-order valence-electron chi connectivity index (χ2n) is 4.29. The molecule has 0 N–H and O–H groups in total. The molecule has 0 heterocycles. The van der Waals surface area contributed by atoms with Crippen molar-refractivity contribution in [2.24, 2.45) is 0 Å². The van der Waals surface area contributed by atoms with Crippen molar-refractivity contribution in [3.05, 3.63) is 61.5 Å². The fourth-order valence-corrected chi connectivity index (χ4v) is 3.00. The normalized spacial score (nSPS) is 10.5. The number of rotatable bonds is 4. The van der Waals surface area contributed by atoms with Crippen LogP contribution in [0.3, 0.4) is 0 Å². The Balaban J connectivity index is 2.35. The second kappa shape index (κ2) is 6.89. The van der Waals surface area contributed by atoms with Crippen LogP contribution in [0.4, 0.5) is 0 Å². The van der Waals surface area contributed by atoms with Crippen LogP contribution in [0.5, 0.6) is 5.75 Å². The van der Waals surface area contributed by atoms with E-state index in [1.165, 1.54) is 6.07 Å². The van der Waals surface area contributed by atoms with Crippen LogP contribution in [0.2, 0.25) is 20.1 Å². The molecule has 2 aromatic rings. The molecule has 0 saturated carbocycles. The number of methoxy groups -OCH3 is 1. The van der Waals surface area contributed by atoms with Gasteiger partial charge in [0.05, 0.1) is 32.8 Å². The fraction of sp³-hybridized carbons (Fsp3) is 0.133. The van der Waals surface area contributed by atoms with E-state index < -0.39 is 0 Å². The molecule has 110 valence electrons. The molecule has 2 aromatic carbocycles. The molecule has 6 heteroatoms. The lowest BCUT2D eigenvalue weighted by Crippen LogP contribution is -2.06. The first-order valence-electron chi connectivity index (χ1n) is 5.93. The van der Waals surface area contributed by atoms with Gasteiger partial charge < -0.3 is 4.74 Å². The molecule has 0 aliphatic carbocycles. The summed E-state index contributed by atoms with van der Waals surface area (Å²) in [6.07, 6.45) is 0.134. The number of hydrogen-bond donors (Lipinski definition) is 0.